The number of β-lactam (4-membered cyclic amide) rings is 1. The molecule has 1 fully saturated rings. The molecule has 132 valence electrons. The van der Waals surface area contributed by atoms with Crippen LogP contribution in [-0.4, -0.2) is 59.7 Å². The molecule has 0 radical (unpaired) electrons. The van der Waals surface area contributed by atoms with Gasteiger partial charge in [-0.25, -0.2) is 4.79 Å². The zero-order valence-electron chi connectivity index (χ0n) is 13.1. The van der Waals surface area contributed by atoms with Crippen molar-refractivity contribution >= 4 is 35.2 Å². The molecule has 2 aliphatic heterocycles. The predicted molar refractivity (Wildman–Crippen MR) is 84.5 cm³/mol. The number of aromatic nitrogens is 2. The van der Waals surface area contributed by atoms with Gasteiger partial charge in [0, 0.05) is 12.8 Å². The van der Waals surface area contributed by atoms with Gasteiger partial charge in [-0.15, -0.1) is 11.8 Å². The summed E-state index contributed by atoms with van der Waals surface area (Å²) in [6.45, 7) is 1.63. The number of hydrogen-bond donors (Lipinski definition) is 2. The number of hydrogen-bond acceptors (Lipinski definition) is 7. The van der Waals surface area contributed by atoms with Crippen molar-refractivity contribution in [1.29, 1.82) is 0 Å². The molecule has 0 aromatic carbocycles. The van der Waals surface area contributed by atoms with Crippen LogP contribution < -0.4 is 5.32 Å². The summed E-state index contributed by atoms with van der Waals surface area (Å²) < 4.78 is 1.05. The summed E-state index contributed by atoms with van der Waals surface area (Å²) >= 11 is 1.32. The number of fused-ring (bicyclic) bond motifs is 1. The van der Waals surface area contributed by atoms with Gasteiger partial charge in [-0.05, 0) is 12.5 Å². The van der Waals surface area contributed by atoms with E-state index in [1.165, 1.54) is 18.8 Å². The Balaban J connectivity index is 1.82. The first kappa shape index (κ1) is 17.0. The first-order chi connectivity index (χ1) is 11.7. The minimum Gasteiger partial charge on any atom is -0.477 e. The number of nitrogens with one attached hydrogen (secondary N) is 1. The molecule has 2 amide bonds. The van der Waals surface area contributed by atoms with Crippen LogP contribution in [0, 0.1) is 10.1 Å². The Morgan fingerprint density at radius 1 is 1.52 bits per heavy atom. The highest BCUT2D eigenvalue weighted by Gasteiger charge is 2.54. The van der Waals surface area contributed by atoms with Crippen LogP contribution >= 0.6 is 11.8 Å². The molecule has 0 unspecified atom stereocenters. The fourth-order valence-electron chi connectivity index (χ4n) is 2.81. The van der Waals surface area contributed by atoms with Gasteiger partial charge in [-0.1, -0.05) is 0 Å². The van der Waals surface area contributed by atoms with E-state index >= 15 is 0 Å². The second kappa shape index (κ2) is 5.88. The summed E-state index contributed by atoms with van der Waals surface area (Å²) in [5, 5.41) is 25.8. The van der Waals surface area contributed by atoms with Crippen LogP contribution in [0.25, 0.3) is 0 Å². The highest BCUT2D eigenvalue weighted by molar-refractivity contribution is 8.00. The molecule has 2 aliphatic rings. The molecule has 0 saturated carbocycles. The van der Waals surface area contributed by atoms with Crippen LogP contribution in [0.2, 0.25) is 0 Å². The number of aliphatic carboxylic acids is 1. The van der Waals surface area contributed by atoms with Crippen molar-refractivity contribution in [3.63, 3.8) is 0 Å². The average molecular weight is 367 g/mol. The van der Waals surface area contributed by atoms with E-state index in [-0.39, 0.29) is 11.4 Å². The van der Waals surface area contributed by atoms with E-state index in [1.54, 1.807) is 6.92 Å². The molecule has 12 heteroatoms. The topological polar surface area (TPSA) is 148 Å². The van der Waals surface area contributed by atoms with E-state index in [9.17, 15) is 29.6 Å². The fourth-order valence-corrected chi connectivity index (χ4v) is 4.10. The third kappa shape index (κ3) is 2.54. The molecular formula is C13H13N5O6S. The predicted octanol–water partition coefficient (Wildman–Crippen LogP) is -0.300. The van der Waals surface area contributed by atoms with Crippen molar-refractivity contribution in [2.45, 2.75) is 18.3 Å². The first-order valence-electron chi connectivity index (χ1n) is 7.09. The summed E-state index contributed by atoms with van der Waals surface area (Å²) in [4.78, 5) is 47.4. The van der Waals surface area contributed by atoms with Crippen LogP contribution in [-0.2, 0) is 16.6 Å². The van der Waals surface area contributed by atoms with Crippen molar-refractivity contribution < 1.29 is 24.4 Å². The van der Waals surface area contributed by atoms with Gasteiger partial charge in [-0.2, -0.15) is 5.10 Å². The smallest absolute Gasteiger partial charge is 0.352 e. The van der Waals surface area contributed by atoms with E-state index in [4.69, 9.17) is 0 Å². The summed E-state index contributed by atoms with van der Waals surface area (Å²) in [5.74, 6) is -2.17. The largest absolute Gasteiger partial charge is 0.477 e. The van der Waals surface area contributed by atoms with Crippen LogP contribution in [0.3, 0.4) is 0 Å². The lowest BCUT2D eigenvalue weighted by Crippen LogP contribution is -2.70. The monoisotopic (exact) mass is 367 g/mol. The van der Waals surface area contributed by atoms with Gasteiger partial charge in [0.05, 0.1) is 4.92 Å². The number of carbonyl (C=O) groups is 3. The number of nitro groups is 1. The molecule has 1 aromatic rings. The first-order valence-corrected chi connectivity index (χ1v) is 8.14. The maximum Gasteiger partial charge on any atom is 0.352 e. The molecule has 3 heterocycles. The van der Waals surface area contributed by atoms with Crippen LogP contribution in [0.5, 0.6) is 0 Å². The molecule has 1 saturated heterocycles. The summed E-state index contributed by atoms with van der Waals surface area (Å²) in [7, 11) is 1.38. The SMILES string of the molecule is CC1=C(C(=O)O)N2C(=O)[C@@H](NC(=O)c3c([N+](=O)[O-])cnn3C)[C@H]2SC1. The highest BCUT2D eigenvalue weighted by atomic mass is 32.2. The molecule has 0 spiro atoms. The highest BCUT2D eigenvalue weighted by Crippen LogP contribution is 2.40. The fraction of sp³-hybridized carbons (Fsp3) is 0.385. The number of aryl methyl sites for hydroxylation is 1. The molecule has 0 aliphatic carbocycles. The number of nitrogens with zero attached hydrogens (tertiary/aromatic N) is 4. The number of amides is 2. The molecule has 2 N–H and O–H groups in total. The Bertz CT molecular complexity index is 846. The Morgan fingerprint density at radius 3 is 2.80 bits per heavy atom. The van der Waals surface area contributed by atoms with Crippen molar-refractivity contribution in [1.82, 2.24) is 20.0 Å². The molecule has 25 heavy (non-hydrogen) atoms. The number of carbonyl (C=O) groups excluding carboxylic acids is 2. The van der Waals surface area contributed by atoms with E-state index in [0.717, 1.165) is 15.8 Å². The normalized spacial score (nSPS) is 22.3. The third-order valence-corrected chi connectivity index (χ3v) is 5.40. The van der Waals surface area contributed by atoms with E-state index in [1.807, 2.05) is 0 Å². The van der Waals surface area contributed by atoms with E-state index in [0.29, 0.717) is 11.3 Å². The van der Waals surface area contributed by atoms with E-state index < -0.39 is 39.8 Å². The van der Waals surface area contributed by atoms with Crippen LogP contribution in [0.4, 0.5) is 5.69 Å². The second-order valence-corrected chi connectivity index (χ2v) is 6.66. The molecule has 11 nitrogen and oxygen atoms in total. The number of thioether (sulfide) groups is 1. The summed E-state index contributed by atoms with van der Waals surface area (Å²) in [5.41, 5.74) is -0.260. The Kier molecular flexibility index (Phi) is 3.99. The Hall–Kier alpha value is -2.89. The summed E-state index contributed by atoms with van der Waals surface area (Å²) in [6.07, 6.45) is 0.952. The Morgan fingerprint density at radius 2 is 2.20 bits per heavy atom. The van der Waals surface area contributed by atoms with Gasteiger partial charge in [0.2, 0.25) is 5.69 Å². The maximum atomic E-state index is 12.4. The van der Waals surface area contributed by atoms with E-state index in [2.05, 4.69) is 10.4 Å². The van der Waals surface area contributed by atoms with Gasteiger partial charge < -0.3 is 10.4 Å². The average Bonchev–Trinajstić information content (AvgIpc) is 2.93. The van der Waals surface area contributed by atoms with Gasteiger partial charge in [0.1, 0.15) is 23.3 Å². The molecule has 3 rings (SSSR count). The second-order valence-electron chi connectivity index (χ2n) is 5.55. The molecule has 0 bridgehead atoms. The minimum absolute atomic E-state index is 0.0780. The molecule has 1 aromatic heterocycles. The lowest BCUT2D eigenvalue weighted by Gasteiger charge is -2.49. The van der Waals surface area contributed by atoms with Crippen LogP contribution in [0.1, 0.15) is 17.4 Å². The lowest BCUT2D eigenvalue weighted by atomic mass is 10.0. The Labute approximate surface area is 144 Å². The van der Waals surface area contributed by atoms with Gasteiger partial charge >= 0.3 is 11.7 Å². The lowest BCUT2D eigenvalue weighted by molar-refractivity contribution is -0.385. The summed E-state index contributed by atoms with van der Waals surface area (Å²) in [6, 6.07) is -0.950. The minimum atomic E-state index is -1.21. The number of carboxylic acids is 1. The standard InChI is InChI=1S/C13H13N5O6S/c1-5-4-25-12-7(11(20)17(12)8(5)13(21)22)15-10(19)9-6(18(23)24)3-14-16(9)2/h3,7,12H,4H2,1-2H3,(H,15,19)(H,21,22)/t7-,12-/m1/s1. The quantitative estimate of drug-likeness (QED) is 0.419. The molecule has 2 atom stereocenters. The molecular weight excluding hydrogens is 354 g/mol. The van der Waals surface area contributed by atoms with Crippen molar-refractivity contribution in [3.8, 4) is 0 Å². The maximum absolute atomic E-state index is 12.4. The number of rotatable bonds is 4. The zero-order chi connectivity index (χ0) is 18.5. The van der Waals surface area contributed by atoms with Crippen molar-refractivity contribution in [2.75, 3.05) is 5.75 Å². The van der Waals surface area contributed by atoms with Gasteiger partial charge in [-0.3, -0.25) is 29.3 Å². The van der Waals surface area contributed by atoms with Gasteiger partial charge in [0.15, 0.2) is 0 Å². The van der Waals surface area contributed by atoms with Crippen molar-refractivity contribution in [3.05, 3.63) is 33.3 Å². The van der Waals surface area contributed by atoms with Crippen LogP contribution in [0.15, 0.2) is 17.5 Å². The van der Waals surface area contributed by atoms with Gasteiger partial charge in [0.25, 0.3) is 11.8 Å². The zero-order valence-corrected chi connectivity index (χ0v) is 13.9. The third-order valence-electron chi connectivity index (χ3n) is 3.98. The van der Waals surface area contributed by atoms with Crippen molar-refractivity contribution in [2.24, 2.45) is 7.05 Å². The number of carboxylic acid groups (broad SMARTS) is 1.